The zero-order valence-electron chi connectivity index (χ0n) is 15.4. The first-order valence-electron chi connectivity index (χ1n) is 8.66. The van der Waals surface area contributed by atoms with Crippen LogP contribution in [0.5, 0.6) is 0 Å². The van der Waals surface area contributed by atoms with Gasteiger partial charge in [-0.05, 0) is 66.6 Å². The molecule has 0 saturated carbocycles. The molecule has 0 atom stereocenters. The number of halogens is 2. The van der Waals surface area contributed by atoms with Crippen LogP contribution in [0.4, 0.5) is 11.4 Å². The number of aryl methyl sites for hydroxylation is 1. The molecule has 0 aliphatic rings. The van der Waals surface area contributed by atoms with E-state index in [-0.39, 0.29) is 17.2 Å². The molecule has 0 radical (unpaired) electrons. The van der Waals surface area contributed by atoms with Crippen LogP contribution < -0.4 is 10.0 Å². The zero-order valence-corrected chi connectivity index (χ0v) is 17.8. The Bertz CT molecular complexity index is 1130. The van der Waals surface area contributed by atoms with E-state index in [1.54, 1.807) is 42.5 Å². The summed E-state index contributed by atoms with van der Waals surface area (Å²) in [5.41, 5.74) is 2.56. The minimum atomic E-state index is -3.77. The third-order valence-electron chi connectivity index (χ3n) is 4.15. The maximum Gasteiger partial charge on any atom is 0.261 e. The first kappa shape index (κ1) is 21.2. The number of rotatable bonds is 6. The molecule has 0 saturated heterocycles. The Labute approximate surface area is 179 Å². The monoisotopic (exact) mass is 448 g/mol. The summed E-state index contributed by atoms with van der Waals surface area (Å²) in [5.74, 6) is -0.213. The van der Waals surface area contributed by atoms with Crippen LogP contribution in [0.15, 0.2) is 71.6 Å². The number of sulfonamides is 1. The van der Waals surface area contributed by atoms with Gasteiger partial charge in [-0.3, -0.25) is 9.52 Å². The van der Waals surface area contributed by atoms with Gasteiger partial charge in [0.15, 0.2) is 0 Å². The summed E-state index contributed by atoms with van der Waals surface area (Å²) >= 11 is 11.9. The molecule has 0 aromatic heterocycles. The molecule has 29 heavy (non-hydrogen) atoms. The molecule has 0 aliphatic carbocycles. The number of nitrogens with one attached hydrogen (secondary N) is 2. The molecule has 1 amide bonds. The highest BCUT2D eigenvalue weighted by molar-refractivity contribution is 7.92. The van der Waals surface area contributed by atoms with E-state index >= 15 is 0 Å². The molecule has 5 nitrogen and oxygen atoms in total. The number of benzene rings is 3. The molecule has 0 aliphatic heterocycles. The first-order valence-corrected chi connectivity index (χ1v) is 10.9. The molecule has 0 bridgehead atoms. The van der Waals surface area contributed by atoms with Crippen LogP contribution in [-0.4, -0.2) is 14.3 Å². The van der Waals surface area contributed by atoms with Crippen LogP contribution in [-0.2, 0) is 21.2 Å². The molecule has 0 spiro atoms. The molecule has 3 aromatic carbocycles. The number of carbonyl (C=O) groups is 1. The van der Waals surface area contributed by atoms with Gasteiger partial charge >= 0.3 is 0 Å². The molecule has 8 heteroatoms. The van der Waals surface area contributed by atoms with Gasteiger partial charge in [0.1, 0.15) is 0 Å². The summed E-state index contributed by atoms with van der Waals surface area (Å²) < 4.78 is 27.6. The summed E-state index contributed by atoms with van der Waals surface area (Å²) in [7, 11) is -3.77. The van der Waals surface area contributed by atoms with Crippen molar-refractivity contribution in [2.24, 2.45) is 0 Å². The number of amides is 1. The van der Waals surface area contributed by atoms with E-state index in [2.05, 4.69) is 10.0 Å². The molecular weight excluding hydrogens is 431 g/mol. The fraction of sp³-hybridized carbons (Fsp3) is 0.0952. The Kier molecular flexibility index (Phi) is 6.47. The van der Waals surface area contributed by atoms with Crippen LogP contribution in [0, 0.1) is 6.92 Å². The molecule has 150 valence electrons. The minimum Gasteiger partial charge on any atom is -0.326 e. The third-order valence-corrected chi connectivity index (χ3v) is 6.21. The lowest BCUT2D eigenvalue weighted by Gasteiger charge is -2.10. The Balaban J connectivity index is 1.66. The van der Waals surface area contributed by atoms with Gasteiger partial charge in [-0.15, -0.1) is 0 Å². The number of hydrogen-bond donors (Lipinski definition) is 2. The average molecular weight is 449 g/mol. The van der Waals surface area contributed by atoms with Crippen LogP contribution >= 0.6 is 23.2 Å². The second kappa shape index (κ2) is 8.86. The lowest BCUT2D eigenvalue weighted by Crippen LogP contribution is -2.15. The maximum absolute atomic E-state index is 12.5. The SMILES string of the molecule is Cc1ccc(NS(=O)(=O)c2ccc(NC(=O)Cc3ccc(Cl)cc3)cc2)cc1Cl. The van der Waals surface area contributed by atoms with Crippen molar-refractivity contribution in [2.75, 3.05) is 10.0 Å². The van der Waals surface area contributed by atoms with Crippen molar-refractivity contribution in [1.29, 1.82) is 0 Å². The van der Waals surface area contributed by atoms with Crippen LogP contribution in [0.25, 0.3) is 0 Å². The van der Waals surface area contributed by atoms with Gasteiger partial charge in [-0.2, -0.15) is 0 Å². The van der Waals surface area contributed by atoms with Crippen LogP contribution in [0.1, 0.15) is 11.1 Å². The summed E-state index contributed by atoms with van der Waals surface area (Å²) in [6.45, 7) is 1.83. The molecule has 0 fully saturated rings. The maximum atomic E-state index is 12.5. The van der Waals surface area contributed by atoms with Crippen molar-refractivity contribution in [3.05, 3.63) is 87.9 Å². The molecule has 0 heterocycles. The Morgan fingerprint density at radius 3 is 2.14 bits per heavy atom. The Morgan fingerprint density at radius 1 is 0.897 bits per heavy atom. The smallest absolute Gasteiger partial charge is 0.261 e. The van der Waals surface area contributed by atoms with Gasteiger partial charge in [0, 0.05) is 15.7 Å². The van der Waals surface area contributed by atoms with Gasteiger partial charge in [0.25, 0.3) is 10.0 Å². The second-order valence-corrected chi connectivity index (χ2v) is 8.97. The third kappa shape index (κ3) is 5.73. The highest BCUT2D eigenvalue weighted by atomic mass is 35.5. The fourth-order valence-corrected chi connectivity index (χ4v) is 3.94. The van der Waals surface area contributed by atoms with E-state index < -0.39 is 10.0 Å². The first-order chi connectivity index (χ1) is 13.7. The fourth-order valence-electron chi connectivity index (χ4n) is 2.58. The summed E-state index contributed by atoms with van der Waals surface area (Å²) in [5, 5.41) is 3.82. The lowest BCUT2D eigenvalue weighted by molar-refractivity contribution is -0.115. The van der Waals surface area contributed by atoms with Crippen molar-refractivity contribution in [3.63, 3.8) is 0 Å². The highest BCUT2D eigenvalue weighted by Gasteiger charge is 2.15. The minimum absolute atomic E-state index is 0.0740. The topological polar surface area (TPSA) is 75.3 Å². The standard InChI is InChI=1S/C21H18Cl2N2O3S/c1-14-2-7-18(13-20(14)23)25-29(27,28)19-10-8-17(9-11-19)24-21(26)12-15-3-5-16(22)6-4-15/h2-11,13,25H,12H2,1H3,(H,24,26). The molecule has 3 rings (SSSR count). The normalized spacial score (nSPS) is 11.1. The van der Waals surface area contributed by atoms with Gasteiger partial charge in [-0.25, -0.2) is 8.42 Å². The predicted octanol–water partition coefficient (Wildman–Crippen LogP) is 5.28. The zero-order chi connectivity index (χ0) is 21.0. The van der Waals surface area contributed by atoms with E-state index in [9.17, 15) is 13.2 Å². The van der Waals surface area contributed by atoms with Crippen molar-refractivity contribution in [2.45, 2.75) is 18.2 Å². The summed E-state index contributed by atoms with van der Waals surface area (Å²) in [6, 6.07) is 17.9. The molecular formula is C21H18Cl2N2O3S. The average Bonchev–Trinajstić information content (AvgIpc) is 2.67. The molecule has 0 unspecified atom stereocenters. The highest BCUT2D eigenvalue weighted by Crippen LogP contribution is 2.23. The number of anilines is 2. The van der Waals surface area contributed by atoms with Crippen molar-refractivity contribution < 1.29 is 13.2 Å². The number of carbonyl (C=O) groups excluding carboxylic acids is 1. The van der Waals surface area contributed by atoms with E-state index in [1.165, 1.54) is 24.3 Å². The van der Waals surface area contributed by atoms with E-state index in [0.717, 1.165) is 11.1 Å². The number of hydrogen-bond acceptors (Lipinski definition) is 3. The van der Waals surface area contributed by atoms with Crippen molar-refractivity contribution in [1.82, 2.24) is 0 Å². The van der Waals surface area contributed by atoms with Crippen LogP contribution in [0.2, 0.25) is 10.0 Å². The van der Waals surface area contributed by atoms with Gasteiger partial charge in [0.05, 0.1) is 17.0 Å². The molecule has 3 aromatic rings. The quantitative estimate of drug-likeness (QED) is 0.538. The van der Waals surface area contributed by atoms with E-state index in [0.29, 0.717) is 21.4 Å². The van der Waals surface area contributed by atoms with Crippen LogP contribution in [0.3, 0.4) is 0 Å². The second-order valence-electron chi connectivity index (χ2n) is 6.45. The van der Waals surface area contributed by atoms with Gasteiger partial charge in [-0.1, -0.05) is 41.4 Å². The Morgan fingerprint density at radius 2 is 1.52 bits per heavy atom. The predicted molar refractivity (Wildman–Crippen MR) is 117 cm³/mol. The molecule has 2 N–H and O–H groups in total. The summed E-state index contributed by atoms with van der Waals surface area (Å²) in [4.78, 5) is 12.2. The van der Waals surface area contributed by atoms with Gasteiger partial charge in [0.2, 0.25) is 5.91 Å². The van der Waals surface area contributed by atoms with Gasteiger partial charge < -0.3 is 5.32 Å². The van der Waals surface area contributed by atoms with E-state index in [4.69, 9.17) is 23.2 Å². The lowest BCUT2D eigenvalue weighted by atomic mass is 10.1. The van der Waals surface area contributed by atoms with Crippen molar-refractivity contribution in [3.8, 4) is 0 Å². The van der Waals surface area contributed by atoms with E-state index in [1.807, 2.05) is 6.92 Å². The Hall–Kier alpha value is -2.54. The summed E-state index contributed by atoms with van der Waals surface area (Å²) in [6.07, 6.45) is 0.187. The van der Waals surface area contributed by atoms with Crippen molar-refractivity contribution >= 4 is 50.5 Å². The largest absolute Gasteiger partial charge is 0.326 e.